The van der Waals surface area contributed by atoms with E-state index in [2.05, 4.69) is 15.6 Å². The summed E-state index contributed by atoms with van der Waals surface area (Å²) in [5.41, 5.74) is 2.63. The Morgan fingerprint density at radius 3 is 2.74 bits per heavy atom. The number of hydrogen-bond donors (Lipinski definition) is 2. The predicted molar refractivity (Wildman–Crippen MR) is 90.4 cm³/mol. The SMILES string of the molecule is CC(=O)NCCC(=O)Nc1ccc(-c2cn3ccsc3n2)cc1. The Balaban J connectivity index is 1.61. The Kier molecular flexibility index (Phi) is 4.38. The van der Waals surface area contributed by atoms with E-state index >= 15 is 0 Å². The maximum atomic E-state index is 11.8. The molecule has 0 unspecified atom stereocenters. The van der Waals surface area contributed by atoms with Crippen LogP contribution in [0.5, 0.6) is 0 Å². The van der Waals surface area contributed by atoms with Crippen molar-refractivity contribution in [2.24, 2.45) is 0 Å². The van der Waals surface area contributed by atoms with Crippen molar-refractivity contribution in [3.05, 3.63) is 42.0 Å². The van der Waals surface area contributed by atoms with Crippen molar-refractivity contribution in [2.45, 2.75) is 13.3 Å². The van der Waals surface area contributed by atoms with Crippen LogP contribution < -0.4 is 10.6 Å². The van der Waals surface area contributed by atoms with Gasteiger partial charge in [0, 0.05) is 48.9 Å². The van der Waals surface area contributed by atoms with Gasteiger partial charge in [-0.15, -0.1) is 11.3 Å². The van der Waals surface area contributed by atoms with Gasteiger partial charge in [-0.25, -0.2) is 4.98 Å². The lowest BCUT2D eigenvalue weighted by molar-refractivity contribution is -0.119. The molecule has 2 heterocycles. The Bertz CT molecular complexity index is 807. The molecule has 0 aliphatic carbocycles. The van der Waals surface area contributed by atoms with Gasteiger partial charge >= 0.3 is 0 Å². The van der Waals surface area contributed by atoms with Crippen molar-refractivity contribution in [1.82, 2.24) is 14.7 Å². The molecule has 0 bridgehead atoms. The van der Waals surface area contributed by atoms with E-state index in [-0.39, 0.29) is 18.2 Å². The van der Waals surface area contributed by atoms with Crippen LogP contribution in [0.25, 0.3) is 16.2 Å². The van der Waals surface area contributed by atoms with E-state index in [4.69, 9.17) is 0 Å². The van der Waals surface area contributed by atoms with Gasteiger partial charge in [-0.3, -0.25) is 14.0 Å². The molecule has 0 aliphatic rings. The topological polar surface area (TPSA) is 75.5 Å². The molecule has 0 saturated heterocycles. The highest BCUT2D eigenvalue weighted by Gasteiger charge is 2.06. The van der Waals surface area contributed by atoms with Gasteiger partial charge < -0.3 is 10.6 Å². The molecular formula is C16H16N4O2S. The van der Waals surface area contributed by atoms with E-state index in [1.54, 1.807) is 11.3 Å². The second-order valence-electron chi connectivity index (χ2n) is 5.08. The fraction of sp³-hybridized carbons (Fsp3) is 0.188. The quantitative estimate of drug-likeness (QED) is 0.756. The molecule has 7 heteroatoms. The highest BCUT2D eigenvalue weighted by atomic mass is 32.1. The van der Waals surface area contributed by atoms with Crippen LogP contribution in [0, 0.1) is 0 Å². The first-order valence-corrected chi connectivity index (χ1v) is 8.07. The molecule has 0 radical (unpaired) electrons. The summed E-state index contributed by atoms with van der Waals surface area (Å²) in [6, 6.07) is 7.55. The van der Waals surface area contributed by atoms with Crippen LogP contribution in [-0.4, -0.2) is 27.7 Å². The number of amides is 2. The van der Waals surface area contributed by atoms with Crippen LogP contribution in [0.15, 0.2) is 42.0 Å². The standard InChI is InChI=1S/C16H16N4O2S/c1-11(21)17-7-6-15(22)18-13-4-2-12(3-5-13)14-10-20-8-9-23-16(20)19-14/h2-5,8-10H,6-7H2,1H3,(H,17,21)(H,18,22). The molecule has 3 rings (SSSR count). The summed E-state index contributed by atoms with van der Waals surface area (Å²) in [5.74, 6) is -0.267. The van der Waals surface area contributed by atoms with Gasteiger partial charge in [-0.05, 0) is 12.1 Å². The number of carbonyl (C=O) groups excluding carboxylic acids is 2. The number of anilines is 1. The number of aromatic nitrogens is 2. The fourth-order valence-electron chi connectivity index (χ4n) is 2.17. The molecular weight excluding hydrogens is 312 g/mol. The number of imidazole rings is 1. The molecule has 118 valence electrons. The number of fused-ring (bicyclic) bond motifs is 1. The molecule has 0 spiro atoms. The number of thiazole rings is 1. The van der Waals surface area contributed by atoms with Crippen LogP contribution in [0.3, 0.4) is 0 Å². The Morgan fingerprint density at radius 1 is 1.26 bits per heavy atom. The van der Waals surface area contributed by atoms with Gasteiger partial charge in [0.1, 0.15) is 0 Å². The minimum Gasteiger partial charge on any atom is -0.356 e. The first-order valence-electron chi connectivity index (χ1n) is 7.19. The van der Waals surface area contributed by atoms with Gasteiger partial charge in [0.05, 0.1) is 5.69 Å². The van der Waals surface area contributed by atoms with Crippen LogP contribution in [-0.2, 0) is 9.59 Å². The molecule has 6 nitrogen and oxygen atoms in total. The number of benzene rings is 1. The zero-order valence-electron chi connectivity index (χ0n) is 12.6. The maximum absolute atomic E-state index is 11.8. The summed E-state index contributed by atoms with van der Waals surface area (Å²) < 4.78 is 1.98. The van der Waals surface area contributed by atoms with Crippen LogP contribution in [0.2, 0.25) is 0 Å². The van der Waals surface area contributed by atoms with E-state index in [0.717, 1.165) is 21.9 Å². The highest BCUT2D eigenvalue weighted by molar-refractivity contribution is 7.15. The Hall–Kier alpha value is -2.67. The third-order valence-electron chi connectivity index (χ3n) is 3.28. The summed E-state index contributed by atoms with van der Waals surface area (Å²) in [7, 11) is 0. The molecule has 0 saturated carbocycles. The molecule has 2 aromatic heterocycles. The molecule has 2 amide bonds. The molecule has 1 aromatic carbocycles. The Morgan fingerprint density at radius 2 is 2.04 bits per heavy atom. The maximum Gasteiger partial charge on any atom is 0.226 e. The zero-order chi connectivity index (χ0) is 16.2. The first kappa shape index (κ1) is 15.2. The van der Waals surface area contributed by atoms with E-state index in [0.29, 0.717) is 6.54 Å². The molecule has 0 aliphatic heterocycles. The molecule has 2 N–H and O–H groups in total. The number of hydrogen-bond acceptors (Lipinski definition) is 4. The largest absolute Gasteiger partial charge is 0.356 e. The molecule has 0 fully saturated rings. The average molecular weight is 328 g/mol. The van der Waals surface area contributed by atoms with Crippen molar-refractivity contribution < 1.29 is 9.59 Å². The van der Waals surface area contributed by atoms with Crippen LogP contribution in [0.1, 0.15) is 13.3 Å². The second kappa shape index (κ2) is 6.62. The lowest BCUT2D eigenvalue weighted by atomic mass is 10.1. The normalized spacial score (nSPS) is 10.7. The monoisotopic (exact) mass is 328 g/mol. The fourth-order valence-corrected chi connectivity index (χ4v) is 2.87. The number of rotatable bonds is 5. The van der Waals surface area contributed by atoms with E-state index in [9.17, 15) is 9.59 Å². The van der Waals surface area contributed by atoms with E-state index in [1.165, 1.54) is 6.92 Å². The van der Waals surface area contributed by atoms with Crippen molar-refractivity contribution in [3.8, 4) is 11.3 Å². The van der Waals surface area contributed by atoms with E-state index < -0.39 is 0 Å². The molecule has 23 heavy (non-hydrogen) atoms. The van der Waals surface area contributed by atoms with Crippen LogP contribution >= 0.6 is 11.3 Å². The van der Waals surface area contributed by atoms with Crippen molar-refractivity contribution >= 4 is 33.8 Å². The summed E-state index contributed by atoms with van der Waals surface area (Å²) in [6.07, 6.45) is 4.20. The smallest absolute Gasteiger partial charge is 0.226 e. The van der Waals surface area contributed by atoms with Crippen molar-refractivity contribution in [2.75, 3.05) is 11.9 Å². The van der Waals surface area contributed by atoms with Crippen LogP contribution in [0.4, 0.5) is 5.69 Å². The van der Waals surface area contributed by atoms with Crippen molar-refractivity contribution in [1.29, 1.82) is 0 Å². The number of carbonyl (C=O) groups is 2. The highest BCUT2D eigenvalue weighted by Crippen LogP contribution is 2.23. The number of nitrogens with one attached hydrogen (secondary N) is 2. The molecule has 0 atom stereocenters. The summed E-state index contributed by atoms with van der Waals surface area (Å²) in [4.78, 5) is 28.0. The minimum absolute atomic E-state index is 0.131. The second-order valence-corrected chi connectivity index (χ2v) is 5.95. The summed E-state index contributed by atoms with van der Waals surface area (Å²) >= 11 is 1.59. The third-order valence-corrected chi connectivity index (χ3v) is 4.05. The number of nitrogens with zero attached hydrogens (tertiary/aromatic N) is 2. The third kappa shape index (κ3) is 3.75. The summed E-state index contributed by atoms with van der Waals surface area (Å²) in [5, 5.41) is 7.39. The lowest BCUT2D eigenvalue weighted by Gasteiger charge is -2.06. The average Bonchev–Trinajstić information content (AvgIpc) is 3.09. The Labute approximate surface area is 137 Å². The molecule has 3 aromatic rings. The van der Waals surface area contributed by atoms with Gasteiger partial charge in [0.25, 0.3) is 0 Å². The van der Waals surface area contributed by atoms with E-state index in [1.807, 2.05) is 46.4 Å². The van der Waals surface area contributed by atoms with Gasteiger partial charge in [0.15, 0.2) is 4.96 Å². The predicted octanol–water partition coefficient (Wildman–Crippen LogP) is 2.53. The van der Waals surface area contributed by atoms with Gasteiger partial charge in [-0.1, -0.05) is 12.1 Å². The summed E-state index contributed by atoms with van der Waals surface area (Å²) in [6.45, 7) is 1.77. The van der Waals surface area contributed by atoms with Gasteiger partial charge in [-0.2, -0.15) is 0 Å². The lowest BCUT2D eigenvalue weighted by Crippen LogP contribution is -2.25. The van der Waals surface area contributed by atoms with Gasteiger partial charge in [0.2, 0.25) is 11.8 Å². The van der Waals surface area contributed by atoms with Crippen molar-refractivity contribution in [3.63, 3.8) is 0 Å². The zero-order valence-corrected chi connectivity index (χ0v) is 13.4. The first-order chi connectivity index (χ1) is 11.1. The minimum atomic E-state index is -0.137.